The van der Waals surface area contributed by atoms with E-state index in [0.717, 1.165) is 22.4 Å². The summed E-state index contributed by atoms with van der Waals surface area (Å²) in [6.45, 7) is 2.01. The molecule has 8 nitrogen and oxygen atoms in total. The molecule has 1 saturated heterocycles. The molecule has 1 aliphatic heterocycles. The minimum absolute atomic E-state index is 0.0347. The second kappa shape index (κ2) is 10.1. The van der Waals surface area contributed by atoms with Crippen LogP contribution in [0.3, 0.4) is 0 Å². The highest BCUT2D eigenvalue weighted by molar-refractivity contribution is 7.03. The summed E-state index contributed by atoms with van der Waals surface area (Å²) in [4.78, 5) is 46.6. The van der Waals surface area contributed by atoms with Crippen LogP contribution in [0.4, 0.5) is 11.6 Å². The maximum atomic E-state index is 13.5. The Balaban J connectivity index is 1.58. The number of anilines is 2. The summed E-state index contributed by atoms with van der Waals surface area (Å²) in [5, 5.41) is 1.77. The summed E-state index contributed by atoms with van der Waals surface area (Å²) < 4.78 is 4.22. The number of pyridine rings is 1. The molecule has 3 aromatic rings. The van der Waals surface area contributed by atoms with Gasteiger partial charge in [-0.25, -0.2) is 4.98 Å². The van der Waals surface area contributed by atoms with Gasteiger partial charge in [-0.1, -0.05) is 37.3 Å². The van der Waals surface area contributed by atoms with Gasteiger partial charge in [0.2, 0.25) is 11.8 Å². The molecule has 1 aliphatic rings. The van der Waals surface area contributed by atoms with Crippen LogP contribution >= 0.6 is 11.5 Å². The summed E-state index contributed by atoms with van der Waals surface area (Å²) in [6, 6.07) is 14.0. The van der Waals surface area contributed by atoms with Crippen LogP contribution in [-0.4, -0.2) is 45.1 Å². The van der Waals surface area contributed by atoms with Crippen molar-refractivity contribution in [3.05, 3.63) is 71.2 Å². The number of hydrogen-bond donors (Lipinski definition) is 1. The predicted molar refractivity (Wildman–Crippen MR) is 131 cm³/mol. The molecule has 2 N–H and O–H groups in total. The maximum Gasteiger partial charge on any atom is 0.252 e. The van der Waals surface area contributed by atoms with Gasteiger partial charge in [-0.2, -0.15) is 4.37 Å². The standard InChI is InChI=1S/C25H27N5O3S/c1-3-17(18-7-5-4-6-8-18)15-22(31)30-23(25(33)29(2)21-10-12-34-28-21)19(24(30)32)13-16-9-11-27-20(26)14-16/h4-12,14,17,19,23H,3,13,15H2,1-2H3,(H2,26,27)/t17-,19+,23-/m0/s1. The third-order valence-electron chi connectivity index (χ3n) is 6.32. The van der Waals surface area contributed by atoms with Crippen LogP contribution in [0.2, 0.25) is 0 Å². The molecule has 0 bridgehead atoms. The van der Waals surface area contributed by atoms with Gasteiger partial charge in [0.15, 0.2) is 0 Å². The summed E-state index contributed by atoms with van der Waals surface area (Å²) in [7, 11) is 1.61. The number of likely N-dealkylation sites (N-methyl/N-ethyl adjacent to an activating group) is 1. The van der Waals surface area contributed by atoms with Crippen LogP contribution in [0.25, 0.3) is 0 Å². The number of β-lactam (4-membered cyclic amide) rings is 1. The summed E-state index contributed by atoms with van der Waals surface area (Å²) in [5.74, 6) is -0.871. The van der Waals surface area contributed by atoms with Crippen LogP contribution in [-0.2, 0) is 20.8 Å². The molecular weight excluding hydrogens is 450 g/mol. The highest BCUT2D eigenvalue weighted by Crippen LogP contribution is 2.35. The largest absolute Gasteiger partial charge is 0.384 e. The third-order valence-corrected chi connectivity index (χ3v) is 6.87. The number of hydrogen-bond acceptors (Lipinski definition) is 7. The van der Waals surface area contributed by atoms with E-state index in [1.165, 1.54) is 16.4 Å². The van der Waals surface area contributed by atoms with Gasteiger partial charge < -0.3 is 5.73 Å². The number of benzene rings is 1. The summed E-state index contributed by atoms with van der Waals surface area (Å²) in [6.07, 6.45) is 2.77. The van der Waals surface area contributed by atoms with Gasteiger partial charge in [-0.3, -0.25) is 24.2 Å². The highest BCUT2D eigenvalue weighted by Gasteiger charge is 2.55. The smallest absolute Gasteiger partial charge is 0.252 e. The zero-order valence-corrected chi connectivity index (χ0v) is 19.9. The molecule has 0 saturated carbocycles. The number of imide groups is 1. The van der Waals surface area contributed by atoms with E-state index in [1.807, 2.05) is 37.3 Å². The number of rotatable bonds is 8. The molecule has 3 amide bonds. The van der Waals surface area contributed by atoms with Crippen molar-refractivity contribution < 1.29 is 14.4 Å². The number of carbonyl (C=O) groups is 3. The normalized spacial score (nSPS) is 18.3. The minimum Gasteiger partial charge on any atom is -0.384 e. The first-order valence-corrected chi connectivity index (χ1v) is 12.0. The molecule has 1 aromatic carbocycles. The average molecular weight is 478 g/mol. The lowest BCUT2D eigenvalue weighted by Gasteiger charge is -2.46. The number of nitrogens with zero attached hydrogens (tertiary/aromatic N) is 4. The third kappa shape index (κ3) is 4.70. The molecule has 0 aliphatic carbocycles. The second-order valence-electron chi connectivity index (χ2n) is 8.42. The van der Waals surface area contributed by atoms with Crippen molar-refractivity contribution in [2.45, 2.75) is 38.1 Å². The Hall–Kier alpha value is -3.59. The minimum atomic E-state index is -0.894. The van der Waals surface area contributed by atoms with E-state index in [9.17, 15) is 14.4 Å². The van der Waals surface area contributed by atoms with Crippen molar-refractivity contribution >= 4 is 40.9 Å². The van der Waals surface area contributed by atoms with Gasteiger partial charge in [0, 0.05) is 25.0 Å². The fourth-order valence-corrected chi connectivity index (χ4v) is 4.94. The Morgan fingerprint density at radius 1 is 1.21 bits per heavy atom. The molecule has 0 spiro atoms. The fourth-order valence-electron chi connectivity index (χ4n) is 4.41. The van der Waals surface area contributed by atoms with Gasteiger partial charge in [0.1, 0.15) is 17.7 Å². The van der Waals surface area contributed by atoms with Crippen molar-refractivity contribution in [3.8, 4) is 0 Å². The quantitative estimate of drug-likeness (QED) is 0.499. The monoisotopic (exact) mass is 477 g/mol. The lowest BCUT2D eigenvalue weighted by atomic mass is 9.80. The van der Waals surface area contributed by atoms with Gasteiger partial charge in [0.05, 0.1) is 5.92 Å². The molecule has 4 rings (SSSR count). The first-order valence-electron chi connectivity index (χ1n) is 11.2. The summed E-state index contributed by atoms with van der Waals surface area (Å²) in [5.41, 5.74) is 7.63. The number of likely N-dealkylation sites (tertiary alicyclic amines) is 1. The molecule has 0 radical (unpaired) electrons. The van der Waals surface area contributed by atoms with Crippen LogP contribution in [0, 0.1) is 5.92 Å². The lowest BCUT2D eigenvalue weighted by Crippen LogP contribution is -2.69. The Morgan fingerprint density at radius 2 is 1.97 bits per heavy atom. The van der Waals surface area contributed by atoms with E-state index in [0.29, 0.717) is 18.1 Å². The Bertz CT molecular complexity index is 1170. The van der Waals surface area contributed by atoms with E-state index in [2.05, 4.69) is 9.36 Å². The van der Waals surface area contributed by atoms with Gasteiger partial charge >= 0.3 is 0 Å². The van der Waals surface area contributed by atoms with Crippen molar-refractivity contribution in [3.63, 3.8) is 0 Å². The molecule has 3 heterocycles. The molecule has 0 unspecified atom stereocenters. The SMILES string of the molecule is CC[C@@H](CC(=O)N1C(=O)[C@H](Cc2ccnc(N)c2)[C@H]1C(=O)N(C)c1ccsn1)c1ccccc1. The van der Waals surface area contributed by atoms with Crippen LogP contribution in [0.15, 0.2) is 60.1 Å². The van der Waals surface area contributed by atoms with E-state index in [1.54, 1.807) is 36.8 Å². The second-order valence-corrected chi connectivity index (χ2v) is 9.09. The topological polar surface area (TPSA) is 109 Å². The first-order chi connectivity index (χ1) is 16.4. The predicted octanol–water partition coefficient (Wildman–Crippen LogP) is 3.26. The van der Waals surface area contributed by atoms with Crippen molar-refractivity contribution in [1.29, 1.82) is 0 Å². The van der Waals surface area contributed by atoms with E-state index < -0.39 is 12.0 Å². The van der Waals surface area contributed by atoms with Gasteiger partial charge in [-0.15, -0.1) is 0 Å². The first kappa shape index (κ1) is 23.6. The number of nitrogens with two attached hydrogens (primary N) is 1. The Kier molecular flexibility index (Phi) is 7.02. The molecular formula is C25H27N5O3S. The zero-order valence-electron chi connectivity index (χ0n) is 19.1. The maximum absolute atomic E-state index is 13.5. The fraction of sp³-hybridized carbons (Fsp3) is 0.320. The Labute approximate surface area is 202 Å². The lowest BCUT2D eigenvalue weighted by molar-refractivity contribution is -0.170. The van der Waals surface area contributed by atoms with Crippen molar-refractivity contribution in [2.24, 2.45) is 5.92 Å². The molecule has 176 valence electrons. The van der Waals surface area contributed by atoms with Crippen LogP contribution < -0.4 is 10.6 Å². The molecule has 34 heavy (non-hydrogen) atoms. The van der Waals surface area contributed by atoms with E-state index >= 15 is 0 Å². The average Bonchev–Trinajstić information content (AvgIpc) is 3.39. The molecule has 2 aromatic heterocycles. The number of aromatic nitrogens is 2. The Morgan fingerprint density at radius 3 is 2.62 bits per heavy atom. The molecule has 3 atom stereocenters. The van der Waals surface area contributed by atoms with E-state index in [4.69, 9.17) is 5.73 Å². The van der Waals surface area contributed by atoms with Crippen molar-refractivity contribution in [1.82, 2.24) is 14.3 Å². The van der Waals surface area contributed by atoms with Crippen LogP contribution in [0.1, 0.15) is 36.8 Å². The van der Waals surface area contributed by atoms with Gasteiger partial charge in [0.25, 0.3) is 5.91 Å². The molecule has 1 fully saturated rings. The number of nitrogen functional groups attached to an aromatic ring is 1. The number of carbonyl (C=O) groups excluding carboxylic acids is 3. The summed E-state index contributed by atoms with van der Waals surface area (Å²) >= 11 is 1.23. The van der Waals surface area contributed by atoms with Gasteiger partial charge in [-0.05, 0) is 59.6 Å². The zero-order chi connectivity index (χ0) is 24.2. The van der Waals surface area contributed by atoms with E-state index in [-0.39, 0.29) is 30.1 Å². The number of amides is 3. The molecule has 9 heteroatoms. The highest BCUT2D eigenvalue weighted by atomic mass is 32.1. The van der Waals surface area contributed by atoms with Crippen LogP contribution in [0.5, 0.6) is 0 Å². The van der Waals surface area contributed by atoms with Crippen molar-refractivity contribution in [2.75, 3.05) is 17.7 Å².